The molecule has 1 saturated heterocycles. The molecule has 0 aliphatic carbocycles. The largest absolute Gasteiger partial charge is 0.490 e. The maximum Gasteiger partial charge on any atom is 0.244 e. The van der Waals surface area contributed by atoms with Crippen molar-refractivity contribution < 1.29 is 17.5 Å². The zero-order valence-electron chi connectivity index (χ0n) is 14.2. The first-order chi connectivity index (χ1) is 12.6. The van der Waals surface area contributed by atoms with Crippen molar-refractivity contribution in [3.8, 4) is 5.75 Å². The Morgan fingerprint density at radius 3 is 2.73 bits per heavy atom. The Kier molecular flexibility index (Phi) is 4.54. The molecule has 3 heterocycles. The number of fused-ring (bicyclic) bond motifs is 1. The molecule has 6 nitrogen and oxygen atoms in total. The number of hydrogen-bond donors (Lipinski definition) is 1. The lowest BCUT2D eigenvalue weighted by molar-refractivity contribution is 0.260. The zero-order valence-corrected chi connectivity index (χ0v) is 15.0. The molecule has 1 atom stereocenters. The van der Waals surface area contributed by atoms with Crippen molar-refractivity contribution in [2.75, 3.05) is 25.0 Å². The third-order valence-corrected chi connectivity index (χ3v) is 6.67. The SMILES string of the molecule is O=S(=O)(c1ccc(N[C@H]2CCOc3c(F)cccc32)nc1)N1CCCC1. The lowest BCUT2D eigenvalue weighted by atomic mass is 10.0. The first kappa shape index (κ1) is 17.2. The molecular weight excluding hydrogens is 357 g/mol. The van der Waals surface area contributed by atoms with E-state index in [1.54, 1.807) is 18.2 Å². The average molecular weight is 377 g/mol. The lowest BCUT2D eigenvalue weighted by Crippen LogP contribution is -2.28. The third kappa shape index (κ3) is 3.14. The summed E-state index contributed by atoms with van der Waals surface area (Å²) in [6.07, 6.45) is 3.84. The summed E-state index contributed by atoms with van der Waals surface area (Å²) in [5.74, 6) is 0.436. The van der Waals surface area contributed by atoms with E-state index in [1.807, 2.05) is 6.07 Å². The molecular formula is C18H20FN3O3S. The fraction of sp³-hybridized carbons (Fsp3) is 0.389. The number of aromatic nitrogens is 1. The van der Waals surface area contributed by atoms with Gasteiger partial charge in [0.25, 0.3) is 0 Å². The van der Waals surface area contributed by atoms with E-state index in [0.717, 1.165) is 18.4 Å². The van der Waals surface area contributed by atoms with E-state index in [-0.39, 0.29) is 22.5 Å². The van der Waals surface area contributed by atoms with Crippen molar-refractivity contribution >= 4 is 15.8 Å². The number of nitrogens with zero attached hydrogens (tertiary/aromatic N) is 2. The number of ether oxygens (including phenoxy) is 1. The van der Waals surface area contributed by atoms with Crippen molar-refractivity contribution in [1.29, 1.82) is 0 Å². The van der Waals surface area contributed by atoms with Gasteiger partial charge < -0.3 is 10.1 Å². The van der Waals surface area contributed by atoms with Crippen LogP contribution < -0.4 is 10.1 Å². The molecule has 1 N–H and O–H groups in total. The van der Waals surface area contributed by atoms with Crippen molar-refractivity contribution in [3.05, 3.63) is 47.9 Å². The van der Waals surface area contributed by atoms with Gasteiger partial charge in [0.2, 0.25) is 10.0 Å². The van der Waals surface area contributed by atoms with Crippen LogP contribution in [0.25, 0.3) is 0 Å². The molecule has 0 radical (unpaired) electrons. The smallest absolute Gasteiger partial charge is 0.244 e. The summed E-state index contributed by atoms with van der Waals surface area (Å²) in [7, 11) is -3.47. The second kappa shape index (κ2) is 6.85. The lowest BCUT2D eigenvalue weighted by Gasteiger charge is -2.27. The molecule has 2 aromatic rings. The van der Waals surface area contributed by atoms with Crippen LogP contribution in [0.2, 0.25) is 0 Å². The van der Waals surface area contributed by atoms with Gasteiger partial charge in [0.15, 0.2) is 11.6 Å². The molecule has 0 unspecified atom stereocenters. The molecule has 0 bridgehead atoms. The van der Waals surface area contributed by atoms with Gasteiger partial charge in [-0.25, -0.2) is 17.8 Å². The number of hydrogen-bond acceptors (Lipinski definition) is 5. The number of anilines is 1. The van der Waals surface area contributed by atoms with Gasteiger partial charge in [0.1, 0.15) is 10.7 Å². The number of halogens is 1. The summed E-state index contributed by atoms with van der Waals surface area (Å²) < 4.78 is 45.9. The molecule has 138 valence electrons. The second-order valence-electron chi connectivity index (χ2n) is 6.48. The zero-order chi connectivity index (χ0) is 18.1. The highest BCUT2D eigenvalue weighted by Crippen LogP contribution is 2.35. The molecule has 1 aromatic carbocycles. The van der Waals surface area contributed by atoms with Crippen molar-refractivity contribution in [2.45, 2.75) is 30.2 Å². The molecule has 1 aromatic heterocycles. The van der Waals surface area contributed by atoms with E-state index < -0.39 is 10.0 Å². The van der Waals surface area contributed by atoms with Crippen LogP contribution in [0.3, 0.4) is 0 Å². The van der Waals surface area contributed by atoms with Gasteiger partial charge in [0, 0.05) is 31.3 Å². The van der Waals surface area contributed by atoms with E-state index in [4.69, 9.17) is 4.74 Å². The number of para-hydroxylation sites is 1. The highest BCUT2D eigenvalue weighted by atomic mass is 32.2. The number of pyridine rings is 1. The average Bonchev–Trinajstić information content (AvgIpc) is 3.19. The summed E-state index contributed by atoms with van der Waals surface area (Å²) in [5, 5.41) is 3.25. The van der Waals surface area contributed by atoms with Gasteiger partial charge in [0.05, 0.1) is 12.6 Å². The van der Waals surface area contributed by atoms with Crippen LogP contribution >= 0.6 is 0 Å². The van der Waals surface area contributed by atoms with Gasteiger partial charge in [-0.1, -0.05) is 12.1 Å². The van der Waals surface area contributed by atoms with E-state index in [9.17, 15) is 12.8 Å². The standard InChI is InChI=1S/C18H20FN3O3S/c19-15-5-3-4-14-16(8-11-25-18(14)15)21-17-7-6-13(12-20-17)26(23,24)22-9-1-2-10-22/h3-7,12,16H,1-2,8-11H2,(H,20,21)/t16-/m0/s1. The molecule has 0 amide bonds. The highest BCUT2D eigenvalue weighted by molar-refractivity contribution is 7.89. The van der Waals surface area contributed by atoms with E-state index in [0.29, 0.717) is 31.9 Å². The van der Waals surface area contributed by atoms with Crippen molar-refractivity contribution in [3.63, 3.8) is 0 Å². The molecule has 0 spiro atoms. The van der Waals surface area contributed by atoms with Crippen LogP contribution in [-0.2, 0) is 10.0 Å². The van der Waals surface area contributed by atoms with Crippen LogP contribution in [0.15, 0.2) is 41.4 Å². The minimum atomic E-state index is -3.47. The summed E-state index contributed by atoms with van der Waals surface area (Å²) in [6.45, 7) is 1.53. The van der Waals surface area contributed by atoms with Crippen molar-refractivity contribution in [2.24, 2.45) is 0 Å². The predicted octanol–water partition coefficient (Wildman–Crippen LogP) is 2.94. The van der Waals surface area contributed by atoms with Crippen LogP contribution in [0.5, 0.6) is 5.75 Å². The highest BCUT2D eigenvalue weighted by Gasteiger charge is 2.28. The second-order valence-corrected chi connectivity index (χ2v) is 8.42. The number of nitrogens with one attached hydrogen (secondary N) is 1. The Hall–Kier alpha value is -2.19. The van der Waals surface area contributed by atoms with Gasteiger partial charge in [-0.15, -0.1) is 0 Å². The summed E-state index contributed by atoms with van der Waals surface area (Å²) in [5.41, 5.74) is 0.742. The van der Waals surface area contributed by atoms with Gasteiger partial charge >= 0.3 is 0 Å². The van der Waals surface area contributed by atoms with E-state index >= 15 is 0 Å². The van der Waals surface area contributed by atoms with Crippen LogP contribution in [0.1, 0.15) is 30.9 Å². The Labute approximate surface area is 152 Å². The van der Waals surface area contributed by atoms with Crippen molar-refractivity contribution in [1.82, 2.24) is 9.29 Å². The number of benzene rings is 1. The molecule has 8 heteroatoms. The Morgan fingerprint density at radius 2 is 2.00 bits per heavy atom. The van der Waals surface area contributed by atoms with Gasteiger partial charge in [-0.05, 0) is 31.0 Å². The summed E-state index contributed by atoms with van der Waals surface area (Å²) in [6, 6.07) is 7.92. The molecule has 2 aliphatic heterocycles. The number of rotatable bonds is 4. The predicted molar refractivity (Wildman–Crippen MR) is 95.1 cm³/mol. The van der Waals surface area contributed by atoms with E-state index in [2.05, 4.69) is 10.3 Å². The number of sulfonamides is 1. The van der Waals surface area contributed by atoms with Crippen LogP contribution in [-0.4, -0.2) is 37.4 Å². The molecule has 0 saturated carbocycles. The first-order valence-corrected chi connectivity index (χ1v) is 10.1. The third-order valence-electron chi connectivity index (χ3n) is 4.79. The Balaban J connectivity index is 1.53. The first-order valence-electron chi connectivity index (χ1n) is 8.70. The molecule has 26 heavy (non-hydrogen) atoms. The summed E-state index contributed by atoms with van der Waals surface area (Å²) in [4.78, 5) is 4.45. The summed E-state index contributed by atoms with van der Waals surface area (Å²) >= 11 is 0. The van der Waals surface area contributed by atoms with Crippen LogP contribution in [0, 0.1) is 5.82 Å². The maximum absolute atomic E-state index is 13.9. The molecule has 4 rings (SSSR count). The Morgan fingerprint density at radius 1 is 1.19 bits per heavy atom. The Bertz CT molecular complexity index is 896. The minimum absolute atomic E-state index is 0.136. The molecule has 2 aliphatic rings. The fourth-order valence-corrected chi connectivity index (χ4v) is 4.87. The van der Waals surface area contributed by atoms with Gasteiger partial charge in [-0.2, -0.15) is 4.31 Å². The fourth-order valence-electron chi connectivity index (χ4n) is 3.41. The molecule has 1 fully saturated rings. The topological polar surface area (TPSA) is 71.5 Å². The quantitative estimate of drug-likeness (QED) is 0.887. The monoisotopic (exact) mass is 377 g/mol. The minimum Gasteiger partial charge on any atom is -0.490 e. The maximum atomic E-state index is 13.9. The van der Waals surface area contributed by atoms with Gasteiger partial charge in [-0.3, -0.25) is 0 Å². The normalized spacial score (nSPS) is 20.4. The van der Waals surface area contributed by atoms with Crippen LogP contribution in [0.4, 0.5) is 10.2 Å². The van der Waals surface area contributed by atoms with E-state index in [1.165, 1.54) is 16.6 Å².